The van der Waals surface area contributed by atoms with Crippen LogP contribution in [0.5, 0.6) is 0 Å². The molecule has 0 aliphatic carbocycles. The van der Waals surface area contributed by atoms with E-state index in [1.807, 2.05) is 30.3 Å². The molecule has 0 spiro atoms. The summed E-state index contributed by atoms with van der Waals surface area (Å²) < 4.78 is 0. The molecule has 1 heterocycles. The predicted molar refractivity (Wildman–Crippen MR) is 84.4 cm³/mol. The van der Waals surface area contributed by atoms with Crippen LogP contribution in [0.3, 0.4) is 0 Å². The number of rotatable bonds is 2. The van der Waals surface area contributed by atoms with Crippen molar-refractivity contribution in [3.05, 3.63) is 46.5 Å². The van der Waals surface area contributed by atoms with E-state index in [0.717, 1.165) is 17.3 Å². The summed E-state index contributed by atoms with van der Waals surface area (Å²) in [5.74, 6) is 0. The third kappa shape index (κ3) is 2.98. The molecule has 1 aromatic carbocycles. The molecule has 22 heavy (non-hydrogen) atoms. The van der Waals surface area contributed by atoms with Gasteiger partial charge in [0.2, 0.25) is 0 Å². The van der Waals surface area contributed by atoms with Gasteiger partial charge in [-0.1, -0.05) is 42.1 Å². The van der Waals surface area contributed by atoms with E-state index in [1.165, 1.54) is 6.21 Å². The minimum absolute atomic E-state index is 0.0647. The van der Waals surface area contributed by atoms with E-state index in [-0.39, 0.29) is 10.6 Å². The number of thioether (sulfide) groups is 1. The Hall–Kier alpha value is -3.08. The largest absolute Gasteiger partial charge is 0.392 e. The summed E-state index contributed by atoms with van der Waals surface area (Å²) in [6.45, 7) is 0.413. The Morgan fingerprint density at radius 2 is 1.86 bits per heavy atom. The van der Waals surface area contributed by atoms with Crippen molar-refractivity contribution in [2.75, 3.05) is 0 Å². The van der Waals surface area contributed by atoms with Crippen LogP contribution in [0.15, 0.2) is 50.9 Å². The summed E-state index contributed by atoms with van der Waals surface area (Å²) >= 11 is 1.03. The fourth-order valence-electron chi connectivity index (χ4n) is 1.74. The van der Waals surface area contributed by atoms with Crippen molar-refractivity contribution in [1.29, 1.82) is 15.8 Å². The van der Waals surface area contributed by atoms with Gasteiger partial charge in [-0.3, -0.25) is 4.99 Å². The summed E-state index contributed by atoms with van der Waals surface area (Å²) in [7, 11) is 0. The Bertz CT molecular complexity index is 772. The van der Waals surface area contributed by atoms with E-state index in [4.69, 9.17) is 11.0 Å². The van der Waals surface area contributed by atoms with Crippen molar-refractivity contribution >= 4 is 23.0 Å². The third-order valence-electron chi connectivity index (χ3n) is 2.89. The Balaban J connectivity index is 2.37. The van der Waals surface area contributed by atoms with Crippen LogP contribution < -0.4 is 5.73 Å². The van der Waals surface area contributed by atoms with E-state index < -0.39 is 5.54 Å². The summed E-state index contributed by atoms with van der Waals surface area (Å²) in [6.07, 6.45) is 1.32. The first-order valence-electron chi connectivity index (χ1n) is 6.19. The molecule has 6 nitrogen and oxygen atoms in total. The Morgan fingerprint density at radius 3 is 2.45 bits per heavy atom. The third-order valence-corrected chi connectivity index (χ3v) is 3.75. The molecule has 2 rings (SSSR count). The maximum atomic E-state index is 9.20. The summed E-state index contributed by atoms with van der Waals surface area (Å²) in [5.41, 5.74) is 4.77. The van der Waals surface area contributed by atoms with Gasteiger partial charge in [-0.15, -0.1) is 0 Å². The normalized spacial score (nSPS) is 18.1. The van der Waals surface area contributed by atoms with Crippen LogP contribution in [0.25, 0.3) is 0 Å². The summed E-state index contributed by atoms with van der Waals surface area (Å²) in [5, 5.41) is 28.1. The first kappa shape index (κ1) is 15.3. The molecule has 0 fully saturated rings. The van der Waals surface area contributed by atoms with Crippen molar-refractivity contribution in [1.82, 2.24) is 0 Å². The van der Waals surface area contributed by atoms with Gasteiger partial charge in [0, 0.05) is 0 Å². The van der Waals surface area contributed by atoms with Gasteiger partial charge in [0.05, 0.1) is 17.8 Å². The van der Waals surface area contributed by atoms with Crippen LogP contribution in [0, 0.1) is 34.0 Å². The van der Waals surface area contributed by atoms with Gasteiger partial charge in [-0.25, -0.2) is 4.99 Å². The molecule has 1 aliphatic rings. The lowest BCUT2D eigenvalue weighted by Crippen LogP contribution is -2.26. The molecule has 0 radical (unpaired) electrons. The highest BCUT2D eigenvalue weighted by molar-refractivity contribution is 8.18. The molecule has 0 saturated carbocycles. The molecular weight excluding hydrogens is 296 g/mol. The number of nitriles is 3. The van der Waals surface area contributed by atoms with Crippen LogP contribution in [-0.2, 0) is 6.54 Å². The first-order valence-corrected chi connectivity index (χ1v) is 7.01. The van der Waals surface area contributed by atoms with Crippen molar-refractivity contribution in [2.24, 2.45) is 15.7 Å². The molecule has 0 bridgehead atoms. The summed E-state index contributed by atoms with van der Waals surface area (Å²) in [4.78, 5) is 8.28. The highest BCUT2D eigenvalue weighted by Gasteiger charge is 2.38. The minimum atomic E-state index is -1.91. The van der Waals surface area contributed by atoms with Gasteiger partial charge in [-0.2, -0.15) is 15.8 Å². The number of nitrogens with two attached hydrogens (primary N) is 1. The van der Waals surface area contributed by atoms with Crippen molar-refractivity contribution < 1.29 is 0 Å². The van der Waals surface area contributed by atoms with Gasteiger partial charge in [0.15, 0.2) is 0 Å². The number of nitrogens with zero attached hydrogens (tertiary/aromatic N) is 5. The fourth-order valence-corrected chi connectivity index (χ4v) is 2.50. The second kappa shape index (κ2) is 6.58. The number of aliphatic imine (C=N–C) groups is 2. The smallest absolute Gasteiger partial charge is 0.269 e. The van der Waals surface area contributed by atoms with Gasteiger partial charge >= 0.3 is 0 Å². The first-order chi connectivity index (χ1) is 10.6. The van der Waals surface area contributed by atoms with Gasteiger partial charge in [0.1, 0.15) is 28.8 Å². The molecule has 0 amide bonds. The van der Waals surface area contributed by atoms with E-state index in [9.17, 15) is 10.5 Å². The molecule has 0 unspecified atom stereocenters. The van der Waals surface area contributed by atoms with Crippen LogP contribution >= 0.6 is 11.8 Å². The minimum Gasteiger partial charge on any atom is -0.392 e. The van der Waals surface area contributed by atoms with E-state index in [2.05, 4.69) is 9.98 Å². The average molecular weight is 306 g/mol. The zero-order chi connectivity index (χ0) is 16.0. The van der Waals surface area contributed by atoms with E-state index in [0.29, 0.717) is 11.6 Å². The lowest BCUT2D eigenvalue weighted by molar-refractivity contribution is 0.825. The molecular formula is C15H10N6S. The number of hydrogen-bond acceptors (Lipinski definition) is 7. The van der Waals surface area contributed by atoms with E-state index in [1.54, 1.807) is 18.2 Å². The SMILES string of the molecule is N#CC1=C(N)SC(=NCc2ccccc2)C=NC1(C#N)C#N. The highest BCUT2D eigenvalue weighted by Crippen LogP contribution is 2.30. The number of hydrogen-bond donors (Lipinski definition) is 1. The Kier molecular flexibility index (Phi) is 4.58. The Labute approximate surface area is 131 Å². The van der Waals surface area contributed by atoms with Gasteiger partial charge in [0.25, 0.3) is 5.54 Å². The monoisotopic (exact) mass is 306 g/mol. The van der Waals surface area contributed by atoms with Crippen LogP contribution in [0.1, 0.15) is 5.56 Å². The molecule has 7 heteroatoms. The molecule has 1 aromatic rings. The maximum absolute atomic E-state index is 9.20. The topological polar surface area (TPSA) is 122 Å². The van der Waals surface area contributed by atoms with Crippen molar-refractivity contribution in [3.8, 4) is 18.2 Å². The maximum Gasteiger partial charge on any atom is 0.269 e. The molecule has 2 N–H and O–H groups in total. The van der Waals surface area contributed by atoms with Gasteiger partial charge in [-0.05, 0) is 5.56 Å². The van der Waals surface area contributed by atoms with Gasteiger partial charge < -0.3 is 5.73 Å². The van der Waals surface area contributed by atoms with Crippen molar-refractivity contribution in [2.45, 2.75) is 12.1 Å². The number of benzene rings is 1. The average Bonchev–Trinajstić information content (AvgIpc) is 2.70. The second-order valence-corrected chi connectivity index (χ2v) is 5.35. The predicted octanol–water partition coefficient (Wildman–Crippen LogP) is 1.88. The molecule has 106 valence electrons. The highest BCUT2D eigenvalue weighted by atomic mass is 32.2. The zero-order valence-electron chi connectivity index (χ0n) is 11.4. The standard InChI is InChI=1S/C15H10N6S/c16-6-12-14(19)22-13(8-21-15(12,9-17)10-18)20-7-11-4-2-1-3-5-11/h1-5,8H,7,19H2. The van der Waals surface area contributed by atoms with Crippen molar-refractivity contribution in [3.63, 3.8) is 0 Å². The Morgan fingerprint density at radius 1 is 1.18 bits per heavy atom. The lowest BCUT2D eigenvalue weighted by Gasteiger charge is -2.10. The molecule has 1 aliphatic heterocycles. The van der Waals surface area contributed by atoms with Crippen LogP contribution in [0.2, 0.25) is 0 Å². The molecule has 0 saturated heterocycles. The second-order valence-electron chi connectivity index (χ2n) is 4.29. The van der Waals surface area contributed by atoms with E-state index >= 15 is 0 Å². The fraction of sp³-hybridized carbons (Fsp3) is 0.133. The molecule has 0 atom stereocenters. The zero-order valence-corrected chi connectivity index (χ0v) is 12.2. The summed E-state index contributed by atoms with van der Waals surface area (Å²) in [6, 6.07) is 14.9. The molecule has 0 aromatic heterocycles. The van der Waals surface area contributed by atoms with Crippen LogP contribution in [0.4, 0.5) is 0 Å². The quantitative estimate of drug-likeness (QED) is 0.893. The van der Waals surface area contributed by atoms with Crippen LogP contribution in [-0.4, -0.2) is 16.8 Å². The lowest BCUT2D eigenvalue weighted by atomic mass is 9.95.